The highest BCUT2D eigenvalue weighted by molar-refractivity contribution is 7.93. The maximum absolute atomic E-state index is 14.6. The largest absolute Gasteiger partial charge is 0.382 e. The number of halogens is 3. The fourth-order valence-corrected chi connectivity index (χ4v) is 6.45. The fraction of sp³-hybridized carbons (Fsp3) is 0.500. The average Bonchev–Trinajstić information content (AvgIpc) is 2.98. The van der Waals surface area contributed by atoms with Crippen molar-refractivity contribution in [3.8, 4) is 0 Å². The normalized spacial score (nSPS) is 23.8. The van der Waals surface area contributed by atoms with Crippen LogP contribution in [0.5, 0.6) is 0 Å². The molecule has 2 bridgehead atoms. The third kappa shape index (κ3) is 4.21. The SMILES string of the molecule is CN[C@H](CNc1cc(F)c(S(=O)(=O)Nc2ncc(F)s2)cc1Cl)CC12CC(C1)C2. The molecule has 158 valence electrons. The topological polar surface area (TPSA) is 83.1 Å². The molecular formula is C18H21ClF2N4O2S2. The summed E-state index contributed by atoms with van der Waals surface area (Å²) in [6.45, 7) is 0.546. The van der Waals surface area contributed by atoms with E-state index < -0.39 is 25.9 Å². The quantitative estimate of drug-likeness (QED) is 0.523. The zero-order chi connectivity index (χ0) is 20.8. The van der Waals surface area contributed by atoms with Crippen molar-refractivity contribution in [2.24, 2.45) is 11.3 Å². The van der Waals surface area contributed by atoms with Crippen LogP contribution in [-0.4, -0.2) is 33.0 Å². The highest BCUT2D eigenvalue weighted by Gasteiger charge is 2.56. The maximum atomic E-state index is 14.6. The zero-order valence-corrected chi connectivity index (χ0v) is 18.0. The molecule has 0 radical (unpaired) electrons. The molecule has 3 N–H and O–H groups in total. The van der Waals surface area contributed by atoms with Gasteiger partial charge in [-0.1, -0.05) is 22.9 Å². The number of nitrogens with one attached hydrogen (secondary N) is 3. The van der Waals surface area contributed by atoms with Crippen molar-refractivity contribution in [2.75, 3.05) is 23.6 Å². The van der Waals surface area contributed by atoms with Gasteiger partial charge in [-0.2, -0.15) is 4.39 Å². The van der Waals surface area contributed by atoms with E-state index in [1.54, 1.807) is 0 Å². The van der Waals surface area contributed by atoms with Crippen molar-refractivity contribution in [1.29, 1.82) is 0 Å². The van der Waals surface area contributed by atoms with Gasteiger partial charge in [0, 0.05) is 12.6 Å². The molecule has 1 atom stereocenters. The van der Waals surface area contributed by atoms with E-state index in [9.17, 15) is 17.2 Å². The van der Waals surface area contributed by atoms with E-state index >= 15 is 0 Å². The van der Waals surface area contributed by atoms with Crippen molar-refractivity contribution in [3.63, 3.8) is 0 Å². The predicted molar refractivity (Wildman–Crippen MR) is 110 cm³/mol. The Kier molecular flexibility index (Phi) is 5.47. The van der Waals surface area contributed by atoms with Crippen LogP contribution in [0.25, 0.3) is 0 Å². The standard InChI is InChI=1S/C18H21ClF2N4O2S2/c1-22-11(7-18-4-10(5-18)6-18)8-23-14-3-13(20)15(2-12(14)19)29(26,27)25-17-24-9-16(21)28-17/h2-3,9-11,22-23H,4-8H2,1H3,(H,24,25)/t10?,11-,18?/m0/s1. The van der Waals surface area contributed by atoms with Crippen LogP contribution in [0.2, 0.25) is 5.02 Å². The Morgan fingerprint density at radius 1 is 1.34 bits per heavy atom. The molecule has 0 unspecified atom stereocenters. The van der Waals surface area contributed by atoms with Gasteiger partial charge >= 0.3 is 0 Å². The first kappa shape index (κ1) is 20.8. The van der Waals surface area contributed by atoms with Gasteiger partial charge in [0.2, 0.25) is 0 Å². The summed E-state index contributed by atoms with van der Waals surface area (Å²) in [7, 11) is -2.40. The summed E-state index contributed by atoms with van der Waals surface area (Å²) in [5.74, 6) is -0.0464. The predicted octanol–water partition coefficient (Wildman–Crippen LogP) is 4.07. The molecule has 3 aliphatic rings. The number of hydrogen-bond donors (Lipinski definition) is 3. The van der Waals surface area contributed by atoms with Gasteiger partial charge in [0.1, 0.15) is 10.7 Å². The lowest BCUT2D eigenvalue weighted by Gasteiger charge is -2.63. The van der Waals surface area contributed by atoms with Crippen molar-refractivity contribution in [2.45, 2.75) is 36.6 Å². The Bertz CT molecular complexity index is 1010. The fourth-order valence-electron chi connectivity index (χ4n) is 4.28. The number of benzene rings is 1. The first-order valence-electron chi connectivity index (χ1n) is 9.24. The summed E-state index contributed by atoms with van der Waals surface area (Å²) in [6, 6.07) is 2.31. The molecular weight excluding hydrogens is 442 g/mol. The second-order valence-corrected chi connectivity index (χ2v) is 10.9. The molecule has 3 aliphatic carbocycles. The monoisotopic (exact) mass is 462 g/mol. The lowest BCUT2D eigenvalue weighted by atomic mass is 9.43. The van der Waals surface area contributed by atoms with Gasteiger partial charge in [0.05, 0.1) is 16.9 Å². The average molecular weight is 463 g/mol. The highest BCUT2D eigenvalue weighted by Crippen LogP contribution is 2.66. The van der Waals surface area contributed by atoms with Gasteiger partial charge in [-0.3, -0.25) is 4.72 Å². The molecule has 6 nitrogen and oxygen atoms in total. The molecule has 0 saturated heterocycles. The lowest BCUT2D eigenvalue weighted by molar-refractivity contribution is -0.116. The van der Waals surface area contributed by atoms with Gasteiger partial charge < -0.3 is 10.6 Å². The molecule has 0 amide bonds. The number of likely N-dealkylation sites (N-methyl/N-ethyl adjacent to an activating group) is 1. The summed E-state index contributed by atoms with van der Waals surface area (Å²) in [5, 5.41) is 5.63. The Hall–Kier alpha value is -1.49. The summed E-state index contributed by atoms with van der Waals surface area (Å²) in [6.07, 6.45) is 5.81. The molecule has 3 fully saturated rings. The summed E-state index contributed by atoms with van der Waals surface area (Å²) >= 11 is 6.71. The van der Waals surface area contributed by atoms with E-state index in [1.807, 2.05) is 7.05 Å². The number of thiazole rings is 1. The van der Waals surface area contributed by atoms with E-state index in [1.165, 1.54) is 19.3 Å². The second kappa shape index (κ2) is 7.64. The van der Waals surface area contributed by atoms with E-state index in [0.29, 0.717) is 29.0 Å². The van der Waals surface area contributed by atoms with Crippen LogP contribution in [0.1, 0.15) is 25.7 Å². The number of rotatable bonds is 9. The molecule has 1 aromatic carbocycles. The van der Waals surface area contributed by atoms with E-state index in [4.69, 9.17) is 11.6 Å². The minimum atomic E-state index is -4.29. The molecule has 1 aromatic heterocycles. The Balaban J connectivity index is 1.44. The summed E-state index contributed by atoms with van der Waals surface area (Å²) < 4.78 is 54.5. The number of nitrogens with zero attached hydrogens (tertiary/aromatic N) is 1. The van der Waals surface area contributed by atoms with Crippen LogP contribution in [0.15, 0.2) is 23.2 Å². The minimum absolute atomic E-state index is 0.0810. The third-order valence-electron chi connectivity index (χ3n) is 5.80. The second-order valence-electron chi connectivity index (χ2n) is 7.89. The van der Waals surface area contributed by atoms with E-state index in [2.05, 4.69) is 20.3 Å². The summed E-state index contributed by atoms with van der Waals surface area (Å²) in [4.78, 5) is 2.95. The first-order valence-corrected chi connectivity index (χ1v) is 11.9. The van der Waals surface area contributed by atoms with Crippen molar-refractivity contribution in [1.82, 2.24) is 10.3 Å². The summed E-state index contributed by atoms with van der Waals surface area (Å²) in [5.41, 5.74) is 0.787. The van der Waals surface area contributed by atoms with Crippen LogP contribution >= 0.6 is 22.9 Å². The van der Waals surface area contributed by atoms with Crippen LogP contribution in [0.3, 0.4) is 0 Å². The van der Waals surface area contributed by atoms with Crippen molar-refractivity contribution >= 4 is 43.8 Å². The Labute approximate surface area is 177 Å². The minimum Gasteiger partial charge on any atom is -0.382 e. The van der Waals surface area contributed by atoms with Gasteiger partial charge in [-0.05, 0) is 56.2 Å². The number of aromatic nitrogens is 1. The lowest BCUT2D eigenvalue weighted by Crippen LogP contribution is -2.55. The number of anilines is 2. The van der Waals surface area contributed by atoms with Gasteiger partial charge in [-0.15, -0.1) is 0 Å². The molecule has 3 saturated carbocycles. The van der Waals surface area contributed by atoms with Crippen LogP contribution < -0.4 is 15.4 Å². The highest BCUT2D eigenvalue weighted by atomic mass is 35.5. The maximum Gasteiger partial charge on any atom is 0.266 e. The van der Waals surface area contributed by atoms with Gasteiger partial charge in [0.25, 0.3) is 10.0 Å². The third-order valence-corrected chi connectivity index (χ3v) is 8.30. The molecule has 2 aromatic rings. The number of sulfonamides is 1. The van der Waals surface area contributed by atoms with Crippen LogP contribution in [0.4, 0.5) is 19.6 Å². The zero-order valence-electron chi connectivity index (χ0n) is 15.6. The number of hydrogen-bond acceptors (Lipinski definition) is 6. The molecule has 0 spiro atoms. The van der Waals surface area contributed by atoms with E-state index in [0.717, 1.165) is 30.7 Å². The molecule has 5 rings (SSSR count). The van der Waals surface area contributed by atoms with Gasteiger partial charge in [-0.25, -0.2) is 17.8 Å². The molecule has 1 heterocycles. The van der Waals surface area contributed by atoms with Crippen LogP contribution in [-0.2, 0) is 10.0 Å². The van der Waals surface area contributed by atoms with E-state index in [-0.39, 0.29) is 16.2 Å². The van der Waals surface area contributed by atoms with Crippen molar-refractivity contribution in [3.05, 3.63) is 34.3 Å². The van der Waals surface area contributed by atoms with Gasteiger partial charge in [0.15, 0.2) is 10.3 Å². The molecule has 0 aliphatic heterocycles. The van der Waals surface area contributed by atoms with Crippen molar-refractivity contribution < 1.29 is 17.2 Å². The van der Waals surface area contributed by atoms with Crippen LogP contribution in [0, 0.1) is 22.3 Å². The molecule has 11 heteroatoms. The Morgan fingerprint density at radius 2 is 2.07 bits per heavy atom. The Morgan fingerprint density at radius 3 is 2.62 bits per heavy atom. The smallest absolute Gasteiger partial charge is 0.266 e. The molecule has 29 heavy (non-hydrogen) atoms. The first-order chi connectivity index (χ1) is 13.7.